The summed E-state index contributed by atoms with van der Waals surface area (Å²) in [5.41, 5.74) is 0.144. The van der Waals surface area contributed by atoms with E-state index >= 15 is 0 Å². The molecule has 1 saturated carbocycles. The standard InChI is InChI=1S/C17H22BrNO3/c1-13-6-5-9-17(10-13,15(20)11-18)19-16(21)22-12-14-7-3-2-4-8-14/h2-4,7-8,13H,5-6,9-12H2,1H3,(H,19,21). The van der Waals surface area contributed by atoms with Crippen LogP contribution in [-0.4, -0.2) is 22.7 Å². The number of alkyl halides is 1. The monoisotopic (exact) mass is 367 g/mol. The Bertz CT molecular complexity index is 520. The first-order chi connectivity index (χ1) is 10.6. The summed E-state index contributed by atoms with van der Waals surface area (Å²) in [6.07, 6.45) is 2.88. The molecule has 5 heteroatoms. The Balaban J connectivity index is 1.98. The average molecular weight is 368 g/mol. The number of carbonyl (C=O) groups excluding carboxylic acids is 2. The lowest BCUT2D eigenvalue weighted by Crippen LogP contribution is -2.57. The summed E-state index contributed by atoms with van der Waals surface area (Å²) in [7, 11) is 0. The van der Waals surface area contributed by atoms with Gasteiger partial charge in [-0.25, -0.2) is 4.79 Å². The molecule has 0 heterocycles. The predicted octanol–water partition coefficient (Wildman–Crippen LogP) is 3.83. The fourth-order valence-electron chi connectivity index (χ4n) is 3.07. The van der Waals surface area contributed by atoms with Gasteiger partial charge in [0.25, 0.3) is 0 Å². The Morgan fingerprint density at radius 3 is 2.73 bits per heavy atom. The van der Waals surface area contributed by atoms with Crippen molar-refractivity contribution in [1.82, 2.24) is 5.32 Å². The van der Waals surface area contributed by atoms with Gasteiger partial charge in [0.1, 0.15) is 12.1 Å². The zero-order valence-electron chi connectivity index (χ0n) is 12.8. The van der Waals surface area contributed by atoms with Gasteiger partial charge in [0.2, 0.25) is 0 Å². The highest BCUT2D eigenvalue weighted by Gasteiger charge is 2.42. The molecule has 0 aromatic heterocycles. The third-order valence-electron chi connectivity index (χ3n) is 4.21. The highest BCUT2D eigenvalue weighted by molar-refractivity contribution is 9.09. The van der Waals surface area contributed by atoms with Gasteiger partial charge in [0, 0.05) is 0 Å². The fraction of sp³-hybridized carbons (Fsp3) is 0.529. The van der Waals surface area contributed by atoms with Gasteiger partial charge in [-0.15, -0.1) is 0 Å². The molecule has 0 aliphatic heterocycles. The number of carbonyl (C=O) groups is 2. The number of hydrogen-bond donors (Lipinski definition) is 1. The van der Waals surface area contributed by atoms with Crippen LogP contribution in [0, 0.1) is 5.92 Å². The SMILES string of the molecule is CC1CCCC(NC(=O)OCc2ccccc2)(C(=O)CBr)C1. The minimum absolute atomic E-state index is 0.0238. The summed E-state index contributed by atoms with van der Waals surface area (Å²) in [6.45, 7) is 2.33. The van der Waals surface area contributed by atoms with E-state index in [1.165, 1.54) is 0 Å². The van der Waals surface area contributed by atoms with Crippen molar-refractivity contribution in [3.8, 4) is 0 Å². The second-order valence-electron chi connectivity index (χ2n) is 6.03. The topological polar surface area (TPSA) is 55.4 Å². The average Bonchev–Trinajstić information content (AvgIpc) is 2.53. The molecule has 4 nitrogen and oxygen atoms in total. The smallest absolute Gasteiger partial charge is 0.408 e. The lowest BCUT2D eigenvalue weighted by Gasteiger charge is -2.38. The Kier molecular flexibility index (Phi) is 6.00. The first kappa shape index (κ1) is 17.0. The van der Waals surface area contributed by atoms with Crippen molar-refractivity contribution >= 4 is 27.8 Å². The van der Waals surface area contributed by atoms with E-state index in [9.17, 15) is 9.59 Å². The molecule has 1 aliphatic rings. The maximum absolute atomic E-state index is 12.3. The van der Waals surface area contributed by atoms with E-state index in [1.807, 2.05) is 30.3 Å². The molecule has 120 valence electrons. The van der Waals surface area contributed by atoms with Crippen LogP contribution in [0.3, 0.4) is 0 Å². The summed E-state index contributed by atoms with van der Waals surface area (Å²) in [4.78, 5) is 24.4. The molecule has 2 rings (SSSR count). The highest BCUT2D eigenvalue weighted by atomic mass is 79.9. The Hall–Kier alpha value is -1.36. The molecule has 0 saturated heterocycles. The molecule has 22 heavy (non-hydrogen) atoms. The molecular formula is C17H22BrNO3. The molecule has 2 unspecified atom stereocenters. The first-order valence-corrected chi connectivity index (χ1v) is 8.76. The van der Waals surface area contributed by atoms with Gasteiger partial charge in [0.05, 0.1) is 5.33 Å². The molecule has 2 atom stereocenters. The lowest BCUT2D eigenvalue weighted by atomic mass is 9.74. The maximum Gasteiger partial charge on any atom is 0.408 e. The van der Waals surface area contributed by atoms with Crippen molar-refractivity contribution in [1.29, 1.82) is 0 Å². The number of ether oxygens (including phenoxy) is 1. The van der Waals surface area contributed by atoms with E-state index in [0.29, 0.717) is 18.8 Å². The van der Waals surface area contributed by atoms with E-state index in [0.717, 1.165) is 18.4 Å². The first-order valence-electron chi connectivity index (χ1n) is 7.64. The van der Waals surface area contributed by atoms with Gasteiger partial charge >= 0.3 is 6.09 Å². The number of alkyl carbamates (subject to hydrolysis) is 1. The number of benzene rings is 1. The maximum atomic E-state index is 12.3. The molecular weight excluding hydrogens is 346 g/mol. The van der Waals surface area contributed by atoms with Gasteiger partial charge < -0.3 is 10.1 Å². The van der Waals surface area contributed by atoms with Crippen LogP contribution < -0.4 is 5.32 Å². The van der Waals surface area contributed by atoms with E-state index in [-0.39, 0.29) is 17.7 Å². The fourth-order valence-corrected chi connectivity index (χ4v) is 3.61. The molecule has 1 fully saturated rings. The largest absolute Gasteiger partial charge is 0.445 e. The Morgan fingerprint density at radius 2 is 2.09 bits per heavy atom. The molecule has 1 aliphatic carbocycles. The van der Waals surface area contributed by atoms with Crippen molar-refractivity contribution in [2.45, 2.75) is 44.8 Å². The number of Topliss-reactive ketones (excluding diaryl/α,β-unsaturated/α-hetero) is 1. The quantitative estimate of drug-likeness (QED) is 0.804. The molecule has 1 aromatic carbocycles. The summed E-state index contributed by atoms with van der Waals surface area (Å²) < 4.78 is 5.27. The van der Waals surface area contributed by atoms with E-state index in [1.54, 1.807) is 0 Å². The molecule has 1 aromatic rings. The van der Waals surface area contributed by atoms with Crippen molar-refractivity contribution in [2.75, 3.05) is 5.33 Å². The second-order valence-corrected chi connectivity index (χ2v) is 6.59. The second kappa shape index (κ2) is 7.77. The van der Waals surface area contributed by atoms with Crippen molar-refractivity contribution in [2.24, 2.45) is 5.92 Å². The van der Waals surface area contributed by atoms with Crippen LogP contribution in [0.4, 0.5) is 4.79 Å². The zero-order chi connectivity index (χ0) is 16.0. The predicted molar refractivity (Wildman–Crippen MR) is 88.9 cm³/mol. The number of amides is 1. The third-order valence-corrected chi connectivity index (χ3v) is 4.72. The van der Waals surface area contributed by atoms with Crippen LogP contribution in [0.25, 0.3) is 0 Å². The summed E-state index contributed by atoms with van der Waals surface area (Å²) in [6, 6.07) is 9.51. The zero-order valence-corrected chi connectivity index (χ0v) is 14.4. The normalized spacial score (nSPS) is 24.5. The van der Waals surface area contributed by atoms with Gasteiger partial charge in [0.15, 0.2) is 5.78 Å². The van der Waals surface area contributed by atoms with Gasteiger partial charge in [-0.1, -0.05) is 66.0 Å². The Morgan fingerprint density at radius 1 is 1.36 bits per heavy atom. The molecule has 1 N–H and O–H groups in total. The van der Waals surface area contributed by atoms with Gasteiger partial charge in [-0.3, -0.25) is 4.79 Å². The van der Waals surface area contributed by atoms with Crippen LogP contribution in [0.15, 0.2) is 30.3 Å². The van der Waals surface area contributed by atoms with Gasteiger partial charge in [-0.2, -0.15) is 0 Å². The van der Waals surface area contributed by atoms with Crippen LogP contribution in [0.5, 0.6) is 0 Å². The van der Waals surface area contributed by atoms with Crippen LogP contribution in [0.2, 0.25) is 0 Å². The molecule has 0 spiro atoms. The number of rotatable bonds is 5. The molecule has 1 amide bonds. The third kappa shape index (κ3) is 4.32. The number of nitrogens with one attached hydrogen (secondary N) is 1. The van der Waals surface area contributed by atoms with Gasteiger partial charge in [-0.05, 0) is 24.3 Å². The number of hydrogen-bond acceptors (Lipinski definition) is 3. The molecule has 0 bridgehead atoms. The molecule has 0 radical (unpaired) electrons. The minimum atomic E-state index is -0.783. The van der Waals surface area contributed by atoms with E-state index < -0.39 is 11.6 Å². The van der Waals surface area contributed by atoms with Crippen molar-refractivity contribution in [3.05, 3.63) is 35.9 Å². The summed E-state index contributed by atoms with van der Waals surface area (Å²) in [5.74, 6) is 0.446. The Labute approximate surface area is 139 Å². The van der Waals surface area contributed by atoms with Crippen LogP contribution in [0.1, 0.15) is 38.2 Å². The number of ketones is 1. The van der Waals surface area contributed by atoms with E-state index in [2.05, 4.69) is 28.2 Å². The van der Waals surface area contributed by atoms with Crippen molar-refractivity contribution in [3.63, 3.8) is 0 Å². The lowest BCUT2D eigenvalue weighted by molar-refractivity contribution is -0.124. The summed E-state index contributed by atoms with van der Waals surface area (Å²) >= 11 is 3.23. The van der Waals surface area contributed by atoms with E-state index in [4.69, 9.17) is 4.74 Å². The van der Waals surface area contributed by atoms with Crippen molar-refractivity contribution < 1.29 is 14.3 Å². The number of halogens is 1. The minimum Gasteiger partial charge on any atom is -0.445 e. The van der Waals surface area contributed by atoms with Crippen LogP contribution >= 0.6 is 15.9 Å². The highest BCUT2D eigenvalue weighted by Crippen LogP contribution is 2.33. The van der Waals surface area contributed by atoms with Crippen LogP contribution in [-0.2, 0) is 16.1 Å². The summed E-state index contributed by atoms with van der Waals surface area (Å²) in [5, 5.41) is 3.09.